The Kier molecular flexibility index (Phi) is 5.72. The molecule has 0 atom stereocenters. The number of amides is 1. The predicted octanol–water partition coefficient (Wildman–Crippen LogP) is 2.51. The number of rotatable bonds is 6. The Labute approximate surface area is 119 Å². The standard InChI is InChI=1S/C13H24N4OS/c1-6-17(7-2)10(18)8-9-14-12-15-11(16-19-12)13(3,4)5/h6-9H2,1-5H3,(H,14,15,16). The van der Waals surface area contributed by atoms with Gasteiger partial charge in [-0.3, -0.25) is 4.79 Å². The Hall–Kier alpha value is -1.17. The van der Waals surface area contributed by atoms with Crippen molar-refractivity contribution in [2.24, 2.45) is 0 Å². The van der Waals surface area contributed by atoms with Gasteiger partial charge in [-0.1, -0.05) is 20.8 Å². The van der Waals surface area contributed by atoms with Crippen LogP contribution in [0.1, 0.15) is 46.9 Å². The number of aromatic nitrogens is 2. The topological polar surface area (TPSA) is 58.1 Å². The van der Waals surface area contributed by atoms with Gasteiger partial charge in [-0.25, -0.2) is 4.98 Å². The van der Waals surface area contributed by atoms with E-state index in [9.17, 15) is 4.79 Å². The van der Waals surface area contributed by atoms with Crippen LogP contribution in [0.15, 0.2) is 0 Å². The molecule has 108 valence electrons. The molecule has 0 bridgehead atoms. The average molecular weight is 284 g/mol. The Balaban J connectivity index is 2.41. The van der Waals surface area contributed by atoms with Gasteiger partial charge in [0.25, 0.3) is 0 Å². The summed E-state index contributed by atoms with van der Waals surface area (Å²) >= 11 is 1.35. The summed E-state index contributed by atoms with van der Waals surface area (Å²) in [6.45, 7) is 12.4. The third-order valence-corrected chi connectivity index (χ3v) is 3.50. The lowest BCUT2D eigenvalue weighted by atomic mass is 9.96. The quantitative estimate of drug-likeness (QED) is 0.872. The van der Waals surface area contributed by atoms with Crippen LogP contribution in [0.2, 0.25) is 0 Å². The van der Waals surface area contributed by atoms with Crippen molar-refractivity contribution >= 4 is 22.6 Å². The molecule has 19 heavy (non-hydrogen) atoms. The van der Waals surface area contributed by atoms with Crippen LogP contribution in [0.5, 0.6) is 0 Å². The molecule has 5 nitrogen and oxygen atoms in total. The van der Waals surface area contributed by atoms with Gasteiger partial charge in [-0.05, 0) is 13.8 Å². The molecule has 0 fully saturated rings. The van der Waals surface area contributed by atoms with E-state index >= 15 is 0 Å². The number of carbonyl (C=O) groups is 1. The number of anilines is 1. The number of hydrogen-bond donors (Lipinski definition) is 1. The van der Waals surface area contributed by atoms with Crippen molar-refractivity contribution < 1.29 is 4.79 Å². The van der Waals surface area contributed by atoms with E-state index < -0.39 is 0 Å². The summed E-state index contributed by atoms with van der Waals surface area (Å²) in [4.78, 5) is 18.1. The summed E-state index contributed by atoms with van der Waals surface area (Å²) in [7, 11) is 0. The van der Waals surface area contributed by atoms with Gasteiger partial charge in [0, 0.05) is 43.0 Å². The predicted molar refractivity (Wildman–Crippen MR) is 79.6 cm³/mol. The zero-order chi connectivity index (χ0) is 14.5. The molecule has 1 aromatic heterocycles. The molecule has 6 heteroatoms. The number of nitrogens with zero attached hydrogens (tertiary/aromatic N) is 3. The van der Waals surface area contributed by atoms with E-state index in [1.807, 2.05) is 18.7 Å². The van der Waals surface area contributed by atoms with E-state index in [-0.39, 0.29) is 11.3 Å². The maximum absolute atomic E-state index is 11.8. The van der Waals surface area contributed by atoms with E-state index in [0.29, 0.717) is 13.0 Å². The molecule has 1 rings (SSSR count). The van der Waals surface area contributed by atoms with Crippen LogP contribution < -0.4 is 5.32 Å². The van der Waals surface area contributed by atoms with Gasteiger partial charge in [0.2, 0.25) is 11.0 Å². The summed E-state index contributed by atoms with van der Waals surface area (Å²) in [5.74, 6) is 1.02. The largest absolute Gasteiger partial charge is 0.360 e. The van der Waals surface area contributed by atoms with Crippen molar-refractivity contribution in [1.82, 2.24) is 14.3 Å². The van der Waals surface area contributed by atoms with Crippen molar-refractivity contribution in [1.29, 1.82) is 0 Å². The summed E-state index contributed by atoms with van der Waals surface area (Å²) < 4.78 is 4.33. The van der Waals surface area contributed by atoms with Gasteiger partial charge >= 0.3 is 0 Å². The molecule has 0 aliphatic rings. The lowest BCUT2D eigenvalue weighted by Crippen LogP contribution is -2.31. The Morgan fingerprint density at radius 1 is 1.32 bits per heavy atom. The molecule has 1 aromatic rings. The highest BCUT2D eigenvalue weighted by Gasteiger charge is 2.19. The van der Waals surface area contributed by atoms with Gasteiger partial charge in [0.1, 0.15) is 5.82 Å². The Morgan fingerprint density at radius 2 is 1.95 bits per heavy atom. The van der Waals surface area contributed by atoms with E-state index in [2.05, 4.69) is 35.4 Å². The third kappa shape index (κ3) is 4.78. The number of nitrogens with one attached hydrogen (secondary N) is 1. The molecule has 1 heterocycles. The van der Waals surface area contributed by atoms with Crippen LogP contribution >= 0.6 is 11.5 Å². The first-order valence-electron chi connectivity index (χ1n) is 6.74. The van der Waals surface area contributed by atoms with Crippen LogP contribution in [0.4, 0.5) is 5.13 Å². The van der Waals surface area contributed by atoms with Crippen LogP contribution in [-0.4, -0.2) is 39.8 Å². The Bertz CT molecular complexity index is 407. The molecule has 0 aliphatic heterocycles. The zero-order valence-electron chi connectivity index (χ0n) is 12.5. The van der Waals surface area contributed by atoms with E-state index in [0.717, 1.165) is 24.0 Å². The minimum atomic E-state index is -0.0343. The van der Waals surface area contributed by atoms with Crippen molar-refractivity contribution in [2.75, 3.05) is 25.0 Å². The first kappa shape index (κ1) is 15.9. The molecule has 1 amide bonds. The molecule has 0 aromatic carbocycles. The van der Waals surface area contributed by atoms with Crippen LogP contribution in [-0.2, 0) is 10.2 Å². The maximum Gasteiger partial charge on any atom is 0.224 e. The maximum atomic E-state index is 11.8. The van der Waals surface area contributed by atoms with Crippen molar-refractivity contribution in [3.63, 3.8) is 0 Å². The second-order valence-corrected chi connectivity index (χ2v) is 6.17. The second-order valence-electron chi connectivity index (χ2n) is 5.42. The molecule has 0 saturated carbocycles. The molecular weight excluding hydrogens is 260 g/mol. The number of carbonyl (C=O) groups excluding carboxylic acids is 1. The highest BCUT2D eigenvalue weighted by molar-refractivity contribution is 7.09. The summed E-state index contributed by atoms with van der Waals surface area (Å²) in [6, 6.07) is 0. The molecule has 1 N–H and O–H groups in total. The first-order chi connectivity index (χ1) is 8.88. The molecular formula is C13H24N4OS. The van der Waals surface area contributed by atoms with Gasteiger partial charge in [0.05, 0.1) is 0 Å². The van der Waals surface area contributed by atoms with Crippen LogP contribution in [0.3, 0.4) is 0 Å². The molecule has 0 radical (unpaired) electrons. The van der Waals surface area contributed by atoms with Crippen molar-refractivity contribution in [3.05, 3.63) is 5.82 Å². The average Bonchev–Trinajstić information content (AvgIpc) is 2.79. The normalized spacial score (nSPS) is 11.4. The van der Waals surface area contributed by atoms with Gasteiger partial charge < -0.3 is 10.2 Å². The fourth-order valence-electron chi connectivity index (χ4n) is 1.61. The Morgan fingerprint density at radius 3 is 2.42 bits per heavy atom. The fraction of sp³-hybridized carbons (Fsp3) is 0.769. The highest BCUT2D eigenvalue weighted by Crippen LogP contribution is 2.22. The summed E-state index contributed by atoms with van der Waals surface area (Å²) in [6.07, 6.45) is 0.492. The van der Waals surface area contributed by atoms with E-state index in [1.54, 1.807) is 0 Å². The molecule has 0 aliphatic carbocycles. The third-order valence-electron chi connectivity index (χ3n) is 2.83. The summed E-state index contributed by atoms with van der Waals surface area (Å²) in [5, 5.41) is 3.96. The SMILES string of the molecule is CCN(CC)C(=O)CCNc1nc(C(C)(C)C)ns1. The van der Waals surface area contributed by atoms with Crippen molar-refractivity contribution in [2.45, 2.75) is 46.5 Å². The van der Waals surface area contributed by atoms with E-state index in [1.165, 1.54) is 11.5 Å². The molecule has 0 unspecified atom stereocenters. The second kappa shape index (κ2) is 6.84. The van der Waals surface area contributed by atoms with Crippen molar-refractivity contribution in [3.8, 4) is 0 Å². The van der Waals surface area contributed by atoms with Gasteiger partial charge in [0.15, 0.2) is 0 Å². The van der Waals surface area contributed by atoms with Gasteiger partial charge in [-0.15, -0.1) is 0 Å². The minimum absolute atomic E-state index is 0.0343. The fourth-order valence-corrected chi connectivity index (χ4v) is 2.39. The molecule has 0 saturated heterocycles. The molecule has 0 spiro atoms. The summed E-state index contributed by atoms with van der Waals surface area (Å²) in [5.41, 5.74) is -0.0343. The van der Waals surface area contributed by atoms with Gasteiger partial charge in [-0.2, -0.15) is 4.37 Å². The first-order valence-corrected chi connectivity index (χ1v) is 7.51. The van der Waals surface area contributed by atoms with E-state index in [4.69, 9.17) is 0 Å². The lowest BCUT2D eigenvalue weighted by Gasteiger charge is -2.18. The highest BCUT2D eigenvalue weighted by atomic mass is 32.1. The monoisotopic (exact) mass is 284 g/mol. The van der Waals surface area contributed by atoms with Crippen LogP contribution in [0.25, 0.3) is 0 Å². The van der Waals surface area contributed by atoms with Crippen LogP contribution in [0, 0.1) is 0 Å². The minimum Gasteiger partial charge on any atom is -0.360 e. The zero-order valence-corrected chi connectivity index (χ0v) is 13.3. The smallest absolute Gasteiger partial charge is 0.224 e. The number of hydrogen-bond acceptors (Lipinski definition) is 5. The lowest BCUT2D eigenvalue weighted by molar-refractivity contribution is -0.130.